The molecule has 6 heteroatoms. The van der Waals surface area contributed by atoms with Crippen molar-refractivity contribution in [1.82, 2.24) is 5.32 Å². The van der Waals surface area contributed by atoms with Gasteiger partial charge in [0.05, 0.1) is 25.4 Å². The van der Waals surface area contributed by atoms with Gasteiger partial charge in [-0.15, -0.1) is 12.4 Å². The van der Waals surface area contributed by atoms with E-state index in [4.69, 9.17) is 14.9 Å². The lowest BCUT2D eigenvalue weighted by atomic mass is 10.1. The summed E-state index contributed by atoms with van der Waals surface area (Å²) in [6.45, 7) is 2.31. The largest absolute Gasteiger partial charge is 0.478 e. The van der Waals surface area contributed by atoms with Gasteiger partial charge in [-0.3, -0.25) is 0 Å². The molecule has 18 heavy (non-hydrogen) atoms. The van der Waals surface area contributed by atoms with Crippen LogP contribution in [-0.4, -0.2) is 42.5 Å². The van der Waals surface area contributed by atoms with Crippen molar-refractivity contribution in [2.45, 2.75) is 6.54 Å². The Morgan fingerprint density at radius 3 is 2.44 bits per heavy atom. The van der Waals surface area contributed by atoms with Gasteiger partial charge in [0.2, 0.25) is 0 Å². The van der Waals surface area contributed by atoms with E-state index in [2.05, 4.69) is 5.32 Å². The molecule has 0 radical (unpaired) electrons. The normalized spacial score (nSPS) is 9.83. The minimum absolute atomic E-state index is 0. The summed E-state index contributed by atoms with van der Waals surface area (Å²) in [7, 11) is 0. The zero-order chi connectivity index (χ0) is 12.5. The molecule has 0 heterocycles. The van der Waals surface area contributed by atoms with Gasteiger partial charge < -0.3 is 20.3 Å². The minimum atomic E-state index is -0.915. The minimum Gasteiger partial charge on any atom is -0.478 e. The van der Waals surface area contributed by atoms with E-state index in [1.165, 1.54) is 0 Å². The van der Waals surface area contributed by atoms with Crippen LogP contribution in [0, 0.1) is 0 Å². The molecule has 102 valence electrons. The predicted molar refractivity (Wildman–Crippen MR) is 70.3 cm³/mol. The summed E-state index contributed by atoms with van der Waals surface area (Å²) in [6, 6.07) is 6.74. The van der Waals surface area contributed by atoms with Gasteiger partial charge in [0.1, 0.15) is 0 Å². The number of halogens is 1. The quantitative estimate of drug-likeness (QED) is 0.615. The number of benzene rings is 1. The first-order chi connectivity index (χ1) is 8.24. The zero-order valence-electron chi connectivity index (χ0n) is 9.96. The van der Waals surface area contributed by atoms with Gasteiger partial charge in [-0.2, -0.15) is 0 Å². The van der Waals surface area contributed by atoms with E-state index in [0.717, 1.165) is 5.56 Å². The molecule has 0 saturated heterocycles. The highest BCUT2D eigenvalue weighted by Gasteiger charge is 2.01. The number of carboxylic acid groups (broad SMARTS) is 1. The Balaban J connectivity index is 0.00000289. The summed E-state index contributed by atoms with van der Waals surface area (Å²) in [4.78, 5) is 10.6. The number of ether oxygens (including phenoxy) is 1. The number of hydrogen-bond acceptors (Lipinski definition) is 4. The molecule has 1 aromatic carbocycles. The number of carbonyl (C=O) groups is 1. The number of nitrogens with one attached hydrogen (secondary N) is 1. The highest BCUT2D eigenvalue weighted by molar-refractivity contribution is 5.87. The molecular weight excluding hydrogens is 258 g/mol. The van der Waals surface area contributed by atoms with Crippen LogP contribution in [0.1, 0.15) is 15.9 Å². The number of rotatable bonds is 8. The average molecular weight is 276 g/mol. The Hall–Kier alpha value is -1.14. The number of hydrogen-bond donors (Lipinski definition) is 3. The maximum Gasteiger partial charge on any atom is 0.335 e. The maximum absolute atomic E-state index is 10.6. The summed E-state index contributed by atoms with van der Waals surface area (Å²) >= 11 is 0. The van der Waals surface area contributed by atoms with E-state index < -0.39 is 5.97 Å². The molecule has 1 rings (SSSR count). The Labute approximate surface area is 112 Å². The molecule has 5 nitrogen and oxygen atoms in total. The lowest BCUT2D eigenvalue weighted by Crippen LogP contribution is -2.20. The maximum atomic E-state index is 10.6. The fraction of sp³-hybridized carbons (Fsp3) is 0.417. The lowest BCUT2D eigenvalue weighted by molar-refractivity contribution is 0.0697. The first-order valence-electron chi connectivity index (χ1n) is 5.45. The second-order valence-electron chi connectivity index (χ2n) is 3.51. The van der Waals surface area contributed by atoms with Gasteiger partial charge in [-0.05, 0) is 17.7 Å². The van der Waals surface area contributed by atoms with Gasteiger partial charge in [0, 0.05) is 13.1 Å². The van der Waals surface area contributed by atoms with E-state index in [1.807, 2.05) is 0 Å². The standard InChI is InChI=1S/C12H17NO4.ClH/c14-6-8-17-7-5-13-9-10-1-3-11(4-2-10)12(15)16;/h1-4,13-14H,5-9H2,(H,15,16);1H. The first kappa shape index (κ1) is 16.9. The van der Waals surface area contributed by atoms with Gasteiger partial charge in [-0.25, -0.2) is 4.79 Å². The van der Waals surface area contributed by atoms with Crippen molar-refractivity contribution in [2.75, 3.05) is 26.4 Å². The third kappa shape index (κ3) is 6.56. The monoisotopic (exact) mass is 275 g/mol. The molecular formula is C12H18ClNO4. The van der Waals surface area contributed by atoms with Gasteiger partial charge in [-0.1, -0.05) is 12.1 Å². The molecule has 0 aliphatic heterocycles. The molecule has 0 aromatic heterocycles. The van der Waals surface area contributed by atoms with E-state index >= 15 is 0 Å². The molecule has 0 saturated carbocycles. The average Bonchev–Trinajstić information content (AvgIpc) is 2.34. The van der Waals surface area contributed by atoms with Crippen LogP contribution in [0.15, 0.2) is 24.3 Å². The van der Waals surface area contributed by atoms with Crippen LogP contribution in [0.3, 0.4) is 0 Å². The molecule has 0 spiro atoms. The Morgan fingerprint density at radius 2 is 1.89 bits per heavy atom. The van der Waals surface area contributed by atoms with Crippen molar-refractivity contribution < 1.29 is 19.7 Å². The number of carboxylic acids is 1. The SMILES string of the molecule is Cl.O=C(O)c1ccc(CNCCOCCO)cc1. The molecule has 1 aromatic rings. The molecule has 0 bridgehead atoms. The zero-order valence-corrected chi connectivity index (χ0v) is 10.8. The fourth-order valence-electron chi connectivity index (χ4n) is 1.31. The van der Waals surface area contributed by atoms with Crippen molar-refractivity contribution in [3.63, 3.8) is 0 Å². The van der Waals surface area contributed by atoms with Crippen molar-refractivity contribution in [1.29, 1.82) is 0 Å². The summed E-state index contributed by atoms with van der Waals surface area (Å²) in [5.74, 6) is -0.915. The molecule has 3 N–H and O–H groups in total. The lowest BCUT2D eigenvalue weighted by Gasteiger charge is -2.05. The van der Waals surface area contributed by atoms with E-state index in [-0.39, 0.29) is 19.0 Å². The van der Waals surface area contributed by atoms with E-state index in [9.17, 15) is 4.79 Å². The van der Waals surface area contributed by atoms with Gasteiger partial charge in [0.25, 0.3) is 0 Å². The summed E-state index contributed by atoms with van der Waals surface area (Å²) in [6.07, 6.45) is 0. The highest BCUT2D eigenvalue weighted by atomic mass is 35.5. The Bertz CT molecular complexity index is 342. The third-order valence-corrected chi connectivity index (χ3v) is 2.19. The second-order valence-corrected chi connectivity index (χ2v) is 3.51. The van der Waals surface area contributed by atoms with Crippen LogP contribution in [0.2, 0.25) is 0 Å². The third-order valence-electron chi connectivity index (χ3n) is 2.19. The predicted octanol–water partition coefficient (Wildman–Crippen LogP) is 0.905. The van der Waals surface area contributed by atoms with Crippen LogP contribution in [-0.2, 0) is 11.3 Å². The summed E-state index contributed by atoms with van der Waals surface area (Å²) < 4.78 is 5.08. The van der Waals surface area contributed by atoms with Crippen molar-refractivity contribution in [3.8, 4) is 0 Å². The number of aliphatic hydroxyl groups excluding tert-OH is 1. The summed E-state index contributed by atoms with van der Waals surface area (Å²) in [5.41, 5.74) is 1.32. The summed E-state index contributed by atoms with van der Waals surface area (Å²) in [5, 5.41) is 20.4. The number of aromatic carboxylic acids is 1. The first-order valence-corrected chi connectivity index (χ1v) is 5.45. The second kappa shape index (κ2) is 9.85. The molecule has 0 aliphatic carbocycles. The van der Waals surface area contributed by atoms with Gasteiger partial charge in [0.15, 0.2) is 0 Å². The van der Waals surface area contributed by atoms with Crippen LogP contribution < -0.4 is 5.32 Å². The Kier molecular flexibility index (Phi) is 9.22. The molecule has 0 unspecified atom stereocenters. The Morgan fingerprint density at radius 1 is 1.22 bits per heavy atom. The van der Waals surface area contributed by atoms with Crippen LogP contribution in [0.4, 0.5) is 0 Å². The van der Waals surface area contributed by atoms with Crippen molar-refractivity contribution in [3.05, 3.63) is 35.4 Å². The van der Waals surface area contributed by atoms with E-state index in [1.54, 1.807) is 24.3 Å². The topological polar surface area (TPSA) is 78.8 Å². The van der Waals surface area contributed by atoms with Gasteiger partial charge >= 0.3 is 5.97 Å². The fourth-order valence-corrected chi connectivity index (χ4v) is 1.31. The highest BCUT2D eigenvalue weighted by Crippen LogP contribution is 2.03. The number of aliphatic hydroxyl groups is 1. The van der Waals surface area contributed by atoms with Crippen molar-refractivity contribution >= 4 is 18.4 Å². The molecule has 0 fully saturated rings. The van der Waals surface area contributed by atoms with Crippen LogP contribution >= 0.6 is 12.4 Å². The molecule has 0 aliphatic rings. The smallest absolute Gasteiger partial charge is 0.335 e. The molecule has 0 atom stereocenters. The molecule has 0 amide bonds. The van der Waals surface area contributed by atoms with Crippen molar-refractivity contribution in [2.24, 2.45) is 0 Å². The van der Waals surface area contributed by atoms with Crippen LogP contribution in [0.25, 0.3) is 0 Å². The van der Waals surface area contributed by atoms with E-state index in [0.29, 0.717) is 31.9 Å². The van der Waals surface area contributed by atoms with Crippen LogP contribution in [0.5, 0.6) is 0 Å².